The maximum atomic E-state index is 13.6. The second-order valence-electron chi connectivity index (χ2n) is 6.08. The lowest BCUT2D eigenvalue weighted by Gasteiger charge is -2.08. The second kappa shape index (κ2) is 6.40. The predicted octanol–water partition coefficient (Wildman–Crippen LogP) is 2.40. The van der Waals surface area contributed by atoms with Crippen LogP contribution in [-0.4, -0.2) is 15.5 Å². The van der Waals surface area contributed by atoms with Gasteiger partial charge in [0.15, 0.2) is 0 Å². The van der Waals surface area contributed by atoms with Crippen LogP contribution in [0, 0.1) is 5.82 Å². The summed E-state index contributed by atoms with van der Waals surface area (Å²) in [5, 5.41) is 3.30. The summed E-state index contributed by atoms with van der Waals surface area (Å²) in [6.45, 7) is -0.0371. The van der Waals surface area contributed by atoms with Gasteiger partial charge >= 0.3 is 0 Å². The highest BCUT2D eigenvalue weighted by Gasteiger charge is 2.21. The van der Waals surface area contributed by atoms with Gasteiger partial charge < -0.3 is 5.32 Å². The minimum absolute atomic E-state index is 0.0871. The molecule has 3 aromatic rings. The van der Waals surface area contributed by atoms with Gasteiger partial charge in [-0.05, 0) is 30.9 Å². The number of rotatable bonds is 4. The normalized spacial score (nSPS) is 13.2. The highest BCUT2D eigenvalue weighted by Crippen LogP contribution is 2.34. The molecule has 1 aromatic carbocycles. The van der Waals surface area contributed by atoms with Crippen molar-refractivity contribution >= 4 is 27.5 Å². The number of aromatic nitrogens is 2. The van der Waals surface area contributed by atoms with E-state index in [-0.39, 0.29) is 30.4 Å². The summed E-state index contributed by atoms with van der Waals surface area (Å²) < 4.78 is 14.9. The molecule has 1 aliphatic rings. The second-order valence-corrected chi connectivity index (χ2v) is 7.17. The first-order chi connectivity index (χ1) is 12.1. The Morgan fingerprint density at radius 3 is 3.00 bits per heavy atom. The van der Waals surface area contributed by atoms with Crippen molar-refractivity contribution in [2.45, 2.75) is 32.4 Å². The van der Waals surface area contributed by atoms with Gasteiger partial charge in [0, 0.05) is 17.0 Å². The molecule has 0 spiro atoms. The molecular weight excluding hydrogens is 341 g/mol. The third-order valence-electron chi connectivity index (χ3n) is 4.44. The van der Waals surface area contributed by atoms with Crippen LogP contribution in [0.4, 0.5) is 4.39 Å². The fourth-order valence-corrected chi connectivity index (χ4v) is 4.40. The lowest BCUT2D eigenvalue weighted by molar-refractivity contribution is -0.121. The Hall–Kier alpha value is -2.54. The third-order valence-corrected chi connectivity index (χ3v) is 5.64. The van der Waals surface area contributed by atoms with Gasteiger partial charge in [0.05, 0.1) is 11.7 Å². The van der Waals surface area contributed by atoms with Crippen molar-refractivity contribution in [2.75, 3.05) is 0 Å². The maximum Gasteiger partial charge on any atom is 0.262 e. The summed E-state index contributed by atoms with van der Waals surface area (Å²) in [5.41, 5.74) is 1.33. The molecule has 5 nitrogen and oxygen atoms in total. The molecule has 0 unspecified atom stereocenters. The number of fused-ring (bicyclic) bond motifs is 3. The van der Waals surface area contributed by atoms with E-state index in [0.29, 0.717) is 10.9 Å². The molecule has 128 valence electrons. The van der Waals surface area contributed by atoms with Gasteiger partial charge in [0.2, 0.25) is 5.91 Å². The zero-order valence-electron chi connectivity index (χ0n) is 13.4. The van der Waals surface area contributed by atoms with Crippen molar-refractivity contribution in [1.82, 2.24) is 14.9 Å². The molecule has 0 radical (unpaired) electrons. The van der Waals surface area contributed by atoms with Crippen LogP contribution < -0.4 is 10.9 Å². The molecule has 0 aliphatic heterocycles. The molecule has 0 fully saturated rings. The van der Waals surface area contributed by atoms with Crippen LogP contribution in [0.5, 0.6) is 0 Å². The van der Waals surface area contributed by atoms with E-state index in [4.69, 9.17) is 0 Å². The standard InChI is InChI=1S/C18H16FN3O2S/c19-13-6-2-1-4-11(13)8-20-15(23)9-22-10-21-17-16(18(22)24)12-5-3-7-14(12)25-17/h1-2,4,6,10H,3,5,7-9H2,(H,20,23). The lowest BCUT2D eigenvalue weighted by atomic mass is 10.2. The molecule has 0 saturated carbocycles. The summed E-state index contributed by atoms with van der Waals surface area (Å²) in [4.78, 5) is 31.2. The largest absolute Gasteiger partial charge is 0.350 e. The molecule has 0 saturated heterocycles. The third kappa shape index (κ3) is 2.95. The van der Waals surface area contributed by atoms with Gasteiger partial charge in [-0.2, -0.15) is 0 Å². The first kappa shape index (κ1) is 16.0. The number of carbonyl (C=O) groups is 1. The van der Waals surface area contributed by atoms with Crippen LogP contribution in [0.25, 0.3) is 10.2 Å². The quantitative estimate of drug-likeness (QED) is 0.780. The number of thiophene rings is 1. The van der Waals surface area contributed by atoms with E-state index in [1.807, 2.05) is 0 Å². The minimum atomic E-state index is -0.364. The summed E-state index contributed by atoms with van der Waals surface area (Å²) in [7, 11) is 0. The number of aryl methyl sites for hydroxylation is 2. The summed E-state index contributed by atoms with van der Waals surface area (Å²) >= 11 is 1.57. The number of halogens is 1. The average Bonchev–Trinajstić information content (AvgIpc) is 3.17. The fraction of sp³-hybridized carbons (Fsp3) is 0.278. The first-order valence-electron chi connectivity index (χ1n) is 8.13. The number of hydrogen-bond donors (Lipinski definition) is 1. The van der Waals surface area contributed by atoms with Gasteiger partial charge in [-0.3, -0.25) is 14.2 Å². The van der Waals surface area contributed by atoms with Crippen LogP contribution in [0.3, 0.4) is 0 Å². The van der Waals surface area contributed by atoms with Crippen LogP contribution in [0.15, 0.2) is 35.4 Å². The zero-order chi connectivity index (χ0) is 17.4. The maximum absolute atomic E-state index is 13.6. The monoisotopic (exact) mass is 357 g/mol. The van der Waals surface area contributed by atoms with E-state index in [0.717, 1.165) is 29.7 Å². The fourth-order valence-electron chi connectivity index (χ4n) is 3.18. The topological polar surface area (TPSA) is 64.0 Å². The lowest BCUT2D eigenvalue weighted by Crippen LogP contribution is -2.32. The SMILES string of the molecule is O=C(Cn1cnc2sc3c(c2c1=O)CCC3)NCc1ccccc1F. The molecule has 2 heterocycles. The molecule has 0 atom stereocenters. The van der Waals surface area contributed by atoms with Crippen LogP contribution in [-0.2, 0) is 30.7 Å². The van der Waals surface area contributed by atoms with Crippen molar-refractivity contribution in [3.8, 4) is 0 Å². The Labute approximate surface area is 147 Å². The number of hydrogen-bond acceptors (Lipinski definition) is 4. The Bertz CT molecular complexity index is 1020. The Morgan fingerprint density at radius 1 is 1.32 bits per heavy atom. The molecule has 25 heavy (non-hydrogen) atoms. The summed E-state index contributed by atoms with van der Waals surface area (Å²) in [6, 6.07) is 6.27. The summed E-state index contributed by atoms with van der Waals surface area (Å²) in [5.74, 6) is -0.713. The van der Waals surface area contributed by atoms with E-state index < -0.39 is 0 Å². The highest BCUT2D eigenvalue weighted by atomic mass is 32.1. The van der Waals surface area contributed by atoms with Crippen LogP contribution >= 0.6 is 11.3 Å². The number of nitrogens with zero attached hydrogens (tertiary/aromatic N) is 2. The minimum Gasteiger partial charge on any atom is -0.350 e. The van der Waals surface area contributed by atoms with E-state index >= 15 is 0 Å². The molecule has 2 aromatic heterocycles. The molecule has 0 bridgehead atoms. The van der Waals surface area contributed by atoms with Gasteiger partial charge in [0.25, 0.3) is 5.56 Å². The van der Waals surface area contributed by atoms with Crippen molar-refractivity contribution in [2.24, 2.45) is 0 Å². The van der Waals surface area contributed by atoms with Gasteiger partial charge in [-0.1, -0.05) is 18.2 Å². The first-order valence-corrected chi connectivity index (χ1v) is 8.95. The van der Waals surface area contributed by atoms with Crippen molar-refractivity contribution in [3.63, 3.8) is 0 Å². The Balaban J connectivity index is 1.52. The average molecular weight is 357 g/mol. The Morgan fingerprint density at radius 2 is 2.16 bits per heavy atom. The molecule has 1 amide bonds. The smallest absolute Gasteiger partial charge is 0.262 e. The van der Waals surface area contributed by atoms with E-state index in [2.05, 4.69) is 10.3 Å². The van der Waals surface area contributed by atoms with Crippen molar-refractivity contribution in [3.05, 3.63) is 62.8 Å². The van der Waals surface area contributed by atoms with Gasteiger partial charge in [-0.25, -0.2) is 9.37 Å². The van der Waals surface area contributed by atoms with Crippen molar-refractivity contribution in [1.29, 1.82) is 0 Å². The van der Waals surface area contributed by atoms with Gasteiger partial charge in [0.1, 0.15) is 17.2 Å². The Kier molecular flexibility index (Phi) is 4.09. The van der Waals surface area contributed by atoms with E-state index in [1.54, 1.807) is 29.5 Å². The summed E-state index contributed by atoms with van der Waals surface area (Å²) in [6.07, 6.45) is 4.38. The highest BCUT2D eigenvalue weighted by molar-refractivity contribution is 7.18. The predicted molar refractivity (Wildman–Crippen MR) is 94.2 cm³/mol. The van der Waals surface area contributed by atoms with E-state index in [1.165, 1.54) is 21.8 Å². The zero-order valence-corrected chi connectivity index (χ0v) is 14.2. The molecule has 4 rings (SSSR count). The van der Waals surface area contributed by atoms with Crippen LogP contribution in [0.1, 0.15) is 22.4 Å². The van der Waals surface area contributed by atoms with E-state index in [9.17, 15) is 14.0 Å². The van der Waals surface area contributed by atoms with Crippen LogP contribution in [0.2, 0.25) is 0 Å². The molecule has 1 N–H and O–H groups in total. The number of amides is 1. The van der Waals surface area contributed by atoms with Gasteiger partial charge in [-0.15, -0.1) is 11.3 Å². The number of carbonyl (C=O) groups excluding carboxylic acids is 1. The molecule has 1 aliphatic carbocycles. The number of nitrogens with one attached hydrogen (secondary N) is 1. The molecule has 7 heteroatoms. The number of benzene rings is 1. The van der Waals surface area contributed by atoms with Crippen molar-refractivity contribution < 1.29 is 9.18 Å². The molecular formula is C18H16FN3O2S.